The molecule has 21 heavy (non-hydrogen) atoms. The number of hydrogen-bond acceptors (Lipinski definition) is 2. The van der Waals surface area contributed by atoms with Crippen molar-refractivity contribution in [2.45, 2.75) is 33.0 Å². The smallest absolute Gasteiger partial charge is 0.372 e. The topological polar surface area (TPSA) is 15.3 Å². The predicted octanol–water partition coefficient (Wildman–Crippen LogP) is 3.96. The molecule has 0 saturated heterocycles. The van der Waals surface area contributed by atoms with E-state index >= 15 is 0 Å². The van der Waals surface area contributed by atoms with Gasteiger partial charge in [-0.25, -0.2) is 4.39 Å². The lowest BCUT2D eigenvalue weighted by Gasteiger charge is -2.24. The van der Waals surface area contributed by atoms with E-state index < -0.39 is 18.4 Å². The Morgan fingerprint density at radius 2 is 1.90 bits per heavy atom. The van der Waals surface area contributed by atoms with Crippen molar-refractivity contribution in [3.05, 3.63) is 29.6 Å². The van der Waals surface area contributed by atoms with Crippen LogP contribution >= 0.6 is 0 Å². The maximum absolute atomic E-state index is 14.0. The van der Waals surface area contributed by atoms with Crippen LogP contribution in [0.3, 0.4) is 0 Å². The van der Waals surface area contributed by atoms with Gasteiger partial charge in [0.25, 0.3) is 0 Å². The van der Waals surface area contributed by atoms with Gasteiger partial charge >= 0.3 is 6.18 Å². The fraction of sp³-hybridized carbons (Fsp3) is 0.600. The van der Waals surface area contributed by atoms with Gasteiger partial charge in [-0.15, -0.1) is 0 Å². The van der Waals surface area contributed by atoms with Crippen LogP contribution < -0.4 is 10.2 Å². The molecule has 0 aliphatic rings. The largest absolute Gasteiger partial charge is 0.390 e. The molecule has 0 radical (unpaired) electrons. The molecule has 1 aromatic rings. The summed E-state index contributed by atoms with van der Waals surface area (Å²) in [5.74, 6) is -0.0477. The van der Waals surface area contributed by atoms with Crippen molar-refractivity contribution in [2.75, 3.05) is 25.0 Å². The van der Waals surface area contributed by atoms with Crippen LogP contribution in [0.15, 0.2) is 18.2 Å². The lowest BCUT2D eigenvalue weighted by Crippen LogP contribution is -2.27. The summed E-state index contributed by atoms with van der Waals surface area (Å²) in [5.41, 5.74) is 0.901. The molecule has 0 amide bonds. The number of alkyl halides is 3. The van der Waals surface area contributed by atoms with Crippen molar-refractivity contribution < 1.29 is 17.6 Å². The number of nitrogens with one attached hydrogen (secondary N) is 1. The summed E-state index contributed by atoms with van der Waals surface area (Å²) in [6.45, 7) is 5.04. The summed E-state index contributed by atoms with van der Waals surface area (Å²) in [7, 11) is 1.48. The number of benzene rings is 1. The Labute approximate surface area is 123 Å². The fourth-order valence-corrected chi connectivity index (χ4v) is 2.03. The van der Waals surface area contributed by atoms with Gasteiger partial charge in [0.15, 0.2) is 0 Å². The van der Waals surface area contributed by atoms with Gasteiger partial charge in [0, 0.05) is 20.1 Å². The maximum atomic E-state index is 14.0. The zero-order valence-electron chi connectivity index (χ0n) is 12.6. The average molecular weight is 306 g/mol. The van der Waals surface area contributed by atoms with E-state index in [1.807, 2.05) is 0 Å². The summed E-state index contributed by atoms with van der Waals surface area (Å²) in [5, 5.41) is 3.18. The molecule has 0 aliphatic heterocycles. The Bertz CT molecular complexity index is 444. The molecule has 0 spiro atoms. The van der Waals surface area contributed by atoms with E-state index in [1.54, 1.807) is 12.1 Å². The highest BCUT2D eigenvalue weighted by Gasteiger charge is 2.28. The molecular weight excluding hydrogens is 284 g/mol. The molecule has 1 aromatic carbocycles. The van der Waals surface area contributed by atoms with Gasteiger partial charge in [0.1, 0.15) is 5.82 Å². The Balaban J connectivity index is 2.79. The van der Waals surface area contributed by atoms with Crippen LogP contribution in [0.25, 0.3) is 0 Å². The molecule has 0 bridgehead atoms. The zero-order chi connectivity index (χ0) is 16.0. The van der Waals surface area contributed by atoms with Crippen LogP contribution in [0, 0.1) is 11.7 Å². The van der Waals surface area contributed by atoms with Crippen molar-refractivity contribution in [3.8, 4) is 0 Å². The Kier molecular flexibility index (Phi) is 6.45. The van der Waals surface area contributed by atoms with E-state index in [-0.39, 0.29) is 12.2 Å². The zero-order valence-corrected chi connectivity index (χ0v) is 12.6. The number of rotatable bonds is 7. The Morgan fingerprint density at radius 1 is 1.24 bits per heavy atom. The minimum atomic E-state index is -4.24. The molecule has 0 unspecified atom stereocenters. The molecule has 6 heteroatoms. The molecule has 0 aliphatic carbocycles. The van der Waals surface area contributed by atoms with E-state index in [0.717, 1.165) is 6.54 Å². The van der Waals surface area contributed by atoms with Crippen molar-refractivity contribution in [1.82, 2.24) is 5.32 Å². The van der Waals surface area contributed by atoms with Gasteiger partial charge in [-0.3, -0.25) is 0 Å². The van der Waals surface area contributed by atoms with Gasteiger partial charge in [-0.1, -0.05) is 26.0 Å². The summed E-state index contributed by atoms with van der Waals surface area (Å²) in [6, 6.07) is 4.57. The summed E-state index contributed by atoms with van der Waals surface area (Å²) in [4.78, 5) is 1.33. The second kappa shape index (κ2) is 7.64. The van der Waals surface area contributed by atoms with E-state index in [0.29, 0.717) is 18.0 Å². The van der Waals surface area contributed by atoms with Gasteiger partial charge in [-0.2, -0.15) is 13.2 Å². The molecule has 0 saturated carbocycles. The Hall–Kier alpha value is -1.30. The third-order valence-electron chi connectivity index (χ3n) is 3.05. The van der Waals surface area contributed by atoms with Crippen LogP contribution in [0.5, 0.6) is 0 Å². The maximum Gasteiger partial charge on any atom is 0.390 e. The molecule has 2 nitrogen and oxygen atoms in total. The van der Waals surface area contributed by atoms with Crippen LogP contribution in [0.4, 0.5) is 23.2 Å². The van der Waals surface area contributed by atoms with E-state index in [9.17, 15) is 17.6 Å². The van der Waals surface area contributed by atoms with Gasteiger partial charge in [0.05, 0.1) is 12.1 Å². The van der Waals surface area contributed by atoms with Gasteiger partial charge in [0.2, 0.25) is 0 Å². The molecule has 1 rings (SSSR count). The highest BCUT2D eigenvalue weighted by molar-refractivity contribution is 5.54. The first-order valence-electron chi connectivity index (χ1n) is 6.96. The first kappa shape index (κ1) is 17.8. The number of hydrogen-bond donors (Lipinski definition) is 1. The van der Waals surface area contributed by atoms with E-state index in [2.05, 4.69) is 19.2 Å². The van der Waals surface area contributed by atoms with Crippen molar-refractivity contribution in [3.63, 3.8) is 0 Å². The van der Waals surface area contributed by atoms with Crippen LogP contribution in [0.1, 0.15) is 25.8 Å². The molecule has 0 heterocycles. The monoisotopic (exact) mass is 306 g/mol. The third-order valence-corrected chi connectivity index (χ3v) is 3.05. The summed E-state index contributed by atoms with van der Waals surface area (Å²) in [6.07, 6.45) is -5.20. The van der Waals surface area contributed by atoms with E-state index in [1.165, 1.54) is 18.0 Å². The van der Waals surface area contributed by atoms with Crippen molar-refractivity contribution >= 4 is 5.69 Å². The van der Waals surface area contributed by atoms with Crippen LogP contribution in [0.2, 0.25) is 0 Å². The van der Waals surface area contributed by atoms with Crippen molar-refractivity contribution in [2.24, 2.45) is 5.92 Å². The normalized spacial score (nSPS) is 12.0. The molecule has 0 aromatic heterocycles. The lowest BCUT2D eigenvalue weighted by molar-refractivity contribution is -0.132. The van der Waals surface area contributed by atoms with E-state index in [4.69, 9.17) is 0 Å². The quantitative estimate of drug-likeness (QED) is 0.767. The van der Waals surface area contributed by atoms with Gasteiger partial charge < -0.3 is 10.2 Å². The SMILES string of the molecule is CC(C)CNCc1cccc(F)c1N(C)CCC(F)(F)F. The highest BCUT2D eigenvalue weighted by Crippen LogP contribution is 2.26. The summed E-state index contributed by atoms with van der Waals surface area (Å²) >= 11 is 0. The molecule has 120 valence electrons. The predicted molar refractivity (Wildman–Crippen MR) is 76.9 cm³/mol. The first-order chi connectivity index (χ1) is 9.70. The summed E-state index contributed by atoms with van der Waals surface area (Å²) < 4.78 is 50.8. The average Bonchev–Trinajstić information content (AvgIpc) is 2.35. The number of nitrogens with zero attached hydrogens (tertiary/aromatic N) is 1. The molecule has 0 atom stereocenters. The number of halogens is 4. The number of anilines is 1. The molecule has 0 fully saturated rings. The Morgan fingerprint density at radius 3 is 2.48 bits per heavy atom. The minimum Gasteiger partial charge on any atom is -0.372 e. The second-order valence-electron chi connectivity index (χ2n) is 5.56. The van der Waals surface area contributed by atoms with Gasteiger partial charge in [-0.05, 0) is 24.1 Å². The lowest BCUT2D eigenvalue weighted by atomic mass is 10.1. The first-order valence-corrected chi connectivity index (χ1v) is 6.96. The number of para-hydroxylation sites is 1. The minimum absolute atomic E-state index is 0.234. The second-order valence-corrected chi connectivity index (χ2v) is 5.56. The molecular formula is C15H22F4N2. The standard InChI is InChI=1S/C15H22F4N2/c1-11(2)9-20-10-12-5-4-6-13(16)14(12)21(3)8-7-15(17,18)19/h4-6,11,20H,7-10H2,1-3H3. The van der Waals surface area contributed by atoms with Crippen LogP contribution in [-0.4, -0.2) is 26.3 Å². The fourth-order valence-electron chi connectivity index (χ4n) is 2.03. The third kappa shape index (κ3) is 6.33. The van der Waals surface area contributed by atoms with Crippen molar-refractivity contribution in [1.29, 1.82) is 0 Å². The van der Waals surface area contributed by atoms with Crippen LogP contribution in [-0.2, 0) is 6.54 Å². The highest BCUT2D eigenvalue weighted by atomic mass is 19.4. The molecule has 1 N–H and O–H groups in total.